The summed E-state index contributed by atoms with van der Waals surface area (Å²) in [4.78, 5) is 21.6. The fraction of sp³-hybridized carbons (Fsp3) is 0.333. The van der Waals surface area contributed by atoms with Crippen LogP contribution in [-0.2, 0) is 9.53 Å². The van der Waals surface area contributed by atoms with Gasteiger partial charge in [0.05, 0.1) is 6.04 Å². The molecule has 1 heterocycles. The first-order valence-corrected chi connectivity index (χ1v) is 4.30. The van der Waals surface area contributed by atoms with Gasteiger partial charge >= 0.3 is 6.09 Å². The topological polar surface area (TPSA) is 67.4 Å². The first-order valence-electron chi connectivity index (χ1n) is 4.30. The molecule has 2 unspecified atom stereocenters. The number of allylic oxidation sites excluding steroid dienone is 1. The lowest BCUT2D eigenvalue weighted by atomic mass is 10.0. The summed E-state index contributed by atoms with van der Waals surface area (Å²) in [5, 5.41) is 5.25. The maximum absolute atomic E-state index is 10.9. The Balaban J connectivity index is 2.10. The van der Waals surface area contributed by atoms with Gasteiger partial charge in [0.15, 0.2) is 0 Å². The van der Waals surface area contributed by atoms with Crippen molar-refractivity contribution in [2.24, 2.45) is 0 Å². The Morgan fingerprint density at radius 3 is 3.14 bits per heavy atom. The number of ether oxygens (including phenoxy) is 1. The van der Waals surface area contributed by atoms with Crippen LogP contribution in [0.25, 0.3) is 0 Å². The van der Waals surface area contributed by atoms with Crippen molar-refractivity contribution < 1.29 is 14.3 Å². The van der Waals surface area contributed by atoms with E-state index < -0.39 is 6.09 Å². The van der Waals surface area contributed by atoms with Gasteiger partial charge in [-0.05, 0) is 12.2 Å². The summed E-state index contributed by atoms with van der Waals surface area (Å²) in [6.45, 7) is 1.43. The van der Waals surface area contributed by atoms with E-state index in [4.69, 9.17) is 4.74 Å². The van der Waals surface area contributed by atoms with Gasteiger partial charge < -0.3 is 15.4 Å². The fourth-order valence-electron chi connectivity index (χ4n) is 1.47. The molecular formula is C9H10N2O3. The van der Waals surface area contributed by atoms with Crippen molar-refractivity contribution in [2.45, 2.75) is 19.1 Å². The third kappa shape index (κ3) is 1.61. The second-order valence-electron chi connectivity index (χ2n) is 3.20. The molecule has 0 aromatic rings. The molecular weight excluding hydrogens is 184 g/mol. The van der Waals surface area contributed by atoms with Crippen LogP contribution in [0.5, 0.6) is 0 Å². The van der Waals surface area contributed by atoms with Crippen molar-refractivity contribution in [1.82, 2.24) is 10.6 Å². The molecule has 5 nitrogen and oxygen atoms in total. The predicted molar refractivity (Wildman–Crippen MR) is 48.2 cm³/mol. The first-order chi connectivity index (χ1) is 6.65. The maximum atomic E-state index is 10.9. The molecule has 74 valence electrons. The zero-order valence-corrected chi connectivity index (χ0v) is 7.61. The van der Waals surface area contributed by atoms with Gasteiger partial charge in [-0.25, -0.2) is 4.79 Å². The fourth-order valence-corrected chi connectivity index (χ4v) is 1.47. The summed E-state index contributed by atoms with van der Waals surface area (Å²) in [5.41, 5.74) is 0.662. The van der Waals surface area contributed by atoms with Gasteiger partial charge in [0.1, 0.15) is 6.10 Å². The summed E-state index contributed by atoms with van der Waals surface area (Å²) in [5.74, 6) is -0.142. The summed E-state index contributed by atoms with van der Waals surface area (Å²) in [6.07, 6.45) is 4.52. The Morgan fingerprint density at radius 2 is 2.43 bits per heavy atom. The van der Waals surface area contributed by atoms with E-state index in [9.17, 15) is 9.59 Å². The number of hydrogen-bond donors (Lipinski definition) is 2. The average Bonchev–Trinajstić information content (AvgIpc) is 2.42. The van der Waals surface area contributed by atoms with Gasteiger partial charge in [0.25, 0.3) is 0 Å². The second kappa shape index (κ2) is 3.17. The quantitative estimate of drug-likeness (QED) is 0.620. The summed E-state index contributed by atoms with van der Waals surface area (Å²) in [7, 11) is 0. The van der Waals surface area contributed by atoms with Crippen LogP contribution >= 0.6 is 0 Å². The first kappa shape index (κ1) is 8.80. The van der Waals surface area contributed by atoms with Crippen LogP contribution in [0.1, 0.15) is 6.92 Å². The molecule has 1 saturated heterocycles. The zero-order valence-electron chi connectivity index (χ0n) is 7.61. The highest BCUT2D eigenvalue weighted by atomic mass is 16.6. The largest absolute Gasteiger partial charge is 0.439 e. The van der Waals surface area contributed by atoms with Gasteiger partial charge in [-0.2, -0.15) is 0 Å². The van der Waals surface area contributed by atoms with Crippen LogP contribution in [0.3, 0.4) is 0 Å². The molecule has 0 aromatic carbocycles. The molecule has 0 spiro atoms. The van der Waals surface area contributed by atoms with Crippen LogP contribution in [0.4, 0.5) is 4.79 Å². The van der Waals surface area contributed by atoms with E-state index in [0.717, 1.165) is 0 Å². The molecule has 0 aromatic heterocycles. The van der Waals surface area contributed by atoms with E-state index in [-0.39, 0.29) is 18.1 Å². The van der Waals surface area contributed by atoms with Crippen LogP contribution in [-0.4, -0.2) is 24.1 Å². The van der Waals surface area contributed by atoms with Gasteiger partial charge in [-0.3, -0.25) is 4.79 Å². The molecule has 2 amide bonds. The van der Waals surface area contributed by atoms with Crippen LogP contribution in [0.15, 0.2) is 23.9 Å². The van der Waals surface area contributed by atoms with Gasteiger partial charge in [0.2, 0.25) is 5.91 Å². The normalized spacial score (nSPS) is 28.6. The number of hydrogen-bond acceptors (Lipinski definition) is 3. The smallest absolute Gasteiger partial charge is 0.408 e. The Bertz CT molecular complexity index is 346. The number of nitrogens with one attached hydrogen (secondary N) is 2. The van der Waals surface area contributed by atoms with E-state index >= 15 is 0 Å². The minimum absolute atomic E-state index is 0.111. The van der Waals surface area contributed by atoms with Crippen LogP contribution in [0, 0.1) is 0 Å². The molecule has 2 N–H and O–H groups in total. The Hall–Kier alpha value is -1.78. The van der Waals surface area contributed by atoms with Crippen LogP contribution < -0.4 is 10.6 Å². The molecule has 2 rings (SSSR count). The molecule has 0 radical (unpaired) electrons. The van der Waals surface area contributed by atoms with Crippen molar-refractivity contribution >= 4 is 12.0 Å². The lowest BCUT2D eigenvalue weighted by Crippen LogP contribution is -2.32. The predicted octanol–water partition coefficient (Wildman–Crippen LogP) is 0.0532. The highest BCUT2D eigenvalue weighted by Gasteiger charge is 2.32. The molecule has 1 aliphatic heterocycles. The second-order valence-corrected chi connectivity index (χ2v) is 3.20. The van der Waals surface area contributed by atoms with Crippen molar-refractivity contribution in [2.75, 3.05) is 0 Å². The highest BCUT2D eigenvalue weighted by Crippen LogP contribution is 2.17. The lowest BCUT2D eigenvalue weighted by Gasteiger charge is -2.16. The number of fused-ring (bicyclic) bond motifs is 1. The highest BCUT2D eigenvalue weighted by molar-refractivity contribution is 5.76. The standard InChI is InChI=1S/C9H10N2O3/c1-5(12)10-6-2-3-7-8(4-6)14-9(13)11-7/h2-4,7-8H,1H3,(H,10,12)(H,11,13). The molecule has 1 aliphatic carbocycles. The third-order valence-electron chi connectivity index (χ3n) is 2.03. The van der Waals surface area contributed by atoms with Gasteiger partial charge in [-0.15, -0.1) is 0 Å². The van der Waals surface area contributed by atoms with Crippen LogP contribution in [0.2, 0.25) is 0 Å². The lowest BCUT2D eigenvalue weighted by molar-refractivity contribution is -0.118. The Labute approximate surface area is 80.8 Å². The number of carbonyl (C=O) groups excluding carboxylic acids is 2. The number of amides is 2. The van der Waals surface area contributed by atoms with E-state index in [0.29, 0.717) is 5.70 Å². The van der Waals surface area contributed by atoms with E-state index in [2.05, 4.69) is 10.6 Å². The molecule has 14 heavy (non-hydrogen) atoms. The molecule has 0 bridgehead atoms. The monoisotopic (exact) mass is 194 g/mol. The van der Waals surface area contributed by atoms with Gasteiger partial charge in [0, 0.05) is 12.6 Å². The Morgan fingerprint density at radius 1 is 1.64 bits per heavy atom. The molecule has 1 fully saturated rings. The number of alkyl carbamates (subject to hydrolysis) is 1. The average molecular weight is 194 g/mol. The van der Waals surface area contributed by atoms with Crippen molar-refractivity contribution in [3.8, 4) is 0 Å². The molecule has 5 heteroatoms. The van der Waals surface area contributed by atoms with E-state index in [1.807, 2.05) is 0 Å². The maximum Gasteiger partial charge on any atom is 0.408 e. The summed E-state index contributed by atoms with van der Waals surface area (Å²) < 4.78 is 4.95. The van der Waals surface area contributed by atoms with Crippen molar-refractivity contribution in [3.63, 3.8) is 0 Å². The summed E-state index contributed by atoms with van der Waals surface area (Å²) in [6, 6.07) is -0.111. The molecule has 2 aliphatic rings. The van der Waals surface area contributed by atoms with Crippen molar-refractivity contribution in [1.29, 1.82) is 0 Å². The number of rotatable bonds is 1. The summed E-state index contributed by atoms with van der Waals surface area (Å²) >= 11 is 0. The minimum atomic E-state index is -0.426. The SMILES string of the molecule is CC(=O)NC1=CC2OC(=O)NC2C=C1. The van der Waals surface area contributed by atoms with Gasteiger partial charge in [-0.1, -0.05) is 6.08 Å². The molecule has 2 atom stereocenters. The van der Waals surface area contributed by atoms with E-state index in [1.54, 1.807) is 18.2 Å². The Kier molecular flexibility index (Phi) is 1.99. The van der Waals surface area contributed by atoms with Crippen molar-refractivity contribution in [3.05, 3.63) is 23.9 Å². The minimum Gasteiger partial charge on any atom is -0.439 e. The third-order valence-corrected chi connectivity index (χ3v) is 2.03. The van der Waals surface area contributed by atoms with E-state index in [1.165, 1.54) is 6.92 Å². The number of carbonyl (C=O) groups is 2. The zero-order chi connectivity index (χ0) is 10.1. The molecule has 0 saturated carbocycles.